The Bertz CT molecular complexity index is 1290. The number of rotatable bonds is 6. The summed E-state index contributed by atoms with van der Waals surface area (Å²) in [5.41, 5.74) is -5.68. The van der Waals surface area contributed by atoms with Crippen molar-refractivity contribution in [3.8, 4) is 0 Å². The van der Waals surface area contributed by atoms with Crippen LogP contribution < -0.4 is 0 Å². The standard InChI is InChI=1S/C28H32O8/c1-7-9-10-12-16-18-20-24(4)22(34-16)17(15(30)13-14(29)11-8-2)19-23(3,21(18)31)27(32)26(20,6)36-28(24,33)25(19,5)35-27/h7-12,14,19-20,29,32-33H,13H2,1-6H3. The summed E-state index contributed by atoms with van der Waals surface area (Å²) >= 11 is 0. The molecule has 2 saturated carbocycles. The van der Waals surface area contributed by atoms with Crippen molar-refractivity contribution >= 4 is 11.6 Å². The Morgan fingerprint density at radius 2 is 1.58 bits per heavy atom. The first-order valence-electron chi connectivity index (χ1n) is 12.4. The summed E-state index contributed by atoms with van der Waals surface area (Å²) in [4.78, 5) is 28.4. The second kappa shape index (κ2) is 6.55. The van der Waals surface area contributed by atoms with Crippen molar-refractivity contribution in [3.63, 3.8) is 0 Å². The molecule has 3 N–H and O–H groups in total. The minimum Gasteiger partial charge on any atom is -0.460 e. The fourth-order valence-corrected chi connectivity index (χ4v) is 8.56. The van der Waals surface area contributed by atoms with Crippen molar-refractivity contribution in [1.82, 2.24) is 0 Å². The maximum atomic E-state index is 14.4. The minimum atomic E-state index is -2.11. The number of aliphatic hydroxyl groups excluding tert-OH is 1. The van der Waals surface area contributed by atoms with Crippen molar-refractivity contribution in [2.24, 2.45) is 22.7 Å². The van der Waals surface area contributed by atoms with E-state index < -0.39 is 63.1 Å². The van der Waals surface area contributed by atoms with Crippen LogP contribution in [0, 0.1) is 22.7 Å². The molecular weight excluding hydrogens is 464 g/mol. The lowest BCUT2D eigenvalue weighted by Crippen LogP contribution is -2.73. The Hall–Kier alpha value is -2.36. The number of hydrogen-bond acceptors (Lipinski definition) is 8. The van der Waals surface area contributed by atoms with Crippen LogP contribution in [0.1, 0.15) is 48.0 Å². The number of carbonyl (C=O) groups is 2. The molecule has 0 spiro atoms. The van der Waals surface area contributed by atoms with E-state index in [1.807, 2.05) is 13.0 Å². The SMILES string of the molecule is CC=CC=CC1=C2C(=O)C3(C)C4C(C(=O)CC(O)C=CC)=C(O1)C1(C)C2C2(C)OC1(O)C4(C)OC23O. The predicted molar refractivity (Wildman–Crippen MR) is 127 cm³/mol. The van der Waals surface area contributed by atoms with Crippen molar-refractivity contribution in [1.29, 1.82) is 0 Å². The monoisotopic (exact) mass is 496 g/mol. The Balaban J connectivity index is 1.73. The maximum Gasteiger partial charge on any atom is 0.210 e. The molecule has 6 rings (SSSR count). The van der Waals surface area contributed by atoms with Crippen molar-refractivity contribution in [3.05, 3.63) is 59.1 Å². The largest absolute Gasteiger partial charge is 0.460 e. The maximum absolute atomic E-state index is 14.4. The number of ketones is 2. The second-order valence-electron chi connectivity index (χ2n) is 11.5. The van der Waals surface area contributed by atoms with Gasteiger partial charge in [-0.2, -0.15) is 0 Å². The van der Waals surface area contributed by atoms with Crippen LogP contribution in [0.5, 0.6) is 0 Å². The lowest BCUT2D eigenvalue weighted by atomic mass is 9.40. The smallest absolute Gasteiger partial charge is 0.210 e. The fourth-order valence-electron chi connectivity index (χ4n) is 8.56. The van der Waals surface area contributed by atoms with Crippen LogP contribution in [-0.2, 0) is 23.8 Å². The average molecular weight is 497 g/mol. The molecule has 192 valence electrons. The lowest BCUT2D eigenvalue weighted by molar-refractivity contribution is -0.451. The van der Waals surface area contributed by atoms with Gasteiger partial charge in [0.05, 0.1) is 16.9 Å². The molecule has 0 radical (unpaired) electrons. The topological polar surface area (TPSA) is 123 Å². The molecule has 2 saturated heterocycles. The molecule has 0 aromatic heterocycles. The molecule has 0 aromatic rings. The Labute approximate surface area is 209 Å². The Morgan fingerprint density at radius 3 is 2.19 bits per heavy atom. The van der Waals surface area contributed by atoms with E-state index >= 15 is 0 Å². The van der Waals surface area contributed by atoms with Crippen LogP contribution in [0.4, 0.5) is 0 Å². The molecule has 4 fully saturated rings. The van der Waals surface area contributed by atoms with Gasteiger partial charge in [0.2, 0.25) is 11.6 Å². The molecule has 9 unspecified atom stereocenters. The zero-order valence-corrected chi connectivity index (χ0v) is 21.3. The highest BCUT2D eigenvalue weighted by Crippen LogP contribution is 2.85. The van der Waals surface area contributed by atoms with Crippen molar-refractivity contribution in [2.75, 3.05) is 0 Å². The number of Topliss-reactive ketones (excluding diaryl/α,β-unsaturated/α-hetero) is 2. The highest BCUT2D eigenvalue weighted by atomic mass is 16.8. The van der Waals surface area contributed by atoms with E-state index in [0.29, 0.717) is 5.57 Å². The van der Waals surface area contributed by atoms with Gasteiger partial charge in [-0.15, -0.1) is 0 Å². The number of hydrogen-bond donors (Lipinski definition) is 3. The van der Waals surface area contributed by atoms with Gasteiger partial charge in [-0.3, -0.25) is 9.59 Å². The minimum absolute atomic E-state index is 0.160. The number of allylic oxidation sites excluding steroid dienone is 5. The molecule has 36 heavy (non-hydrogen) atoms. The molecular formula is C28H32O8. The van der Waals surface area contributed by atoms with E-state index in [1.54, 1.807) is 58.9 Å². The summed E-state index contributed by atoms with van der Waals surface area (Å²) in [5.74, 6) is -6.36. The van der Waals surface area contributed by atoms with Gasteiger partial charge in [0, 0.05) is 29.4 Å². The zero-order valence-electron chi connectivity index (χ0n) is 21.3. The number of aliphatic hydroxyl groups is 3. The molecule has 3 heterocycles. The van der Waals surface area contributed by atoms with Crippen molar-refractivity contribution < 1.29 is 39.1 Å². The van der Waals surface area contributed by atoms with Gasteiger partial charge in [0.25, 0.3) is 0 Å². The van der Waals surface area contributed by atoms with Gasteiger partial charge in [0.1, 0.15) is 22.7 Å². The van der Waals surface area contributed by atoms with E-state index in [9.17, 15) is 24.9 Å². The summed E-state index contributed by atoms with van der Waals surface area (Å²) in [6.07, 6.45) is 8.87. The summed E-state index contributed by atoms with van der Waals surface area (Å²) in [7, 11) is 0. The third-order valence-electron chi connectivity index (χ3n) is 9.88. The average Bonchev–Trinajstić information content (AvgIpc) is 3.10. The zero-order chi connectivity index (χ0) is 26.3. The first-order valence-corrected chi connectivity index (χ1v) is 12.4. The van der Waals surface area contributed by atoms with E-state index in [0.717, 1.165) is 0 Å². The molecule has 8 nitrogen and oxygen atoms in total. The summed E-state index contributed by atoms with van der Waals surface area (Å²) in [5, 5.41) is 35.0. The highest BCUT2D eigenvalue weighted by Gasteiger charge is 2.99. The van der Waals surface area contributed by atoms with Crippen LogP contribution in [0.15, 0.2) is 59.1 Å². The molecule has 9 atom stereocenters. The molecule has 6 aliphatic rings. The molecule has 8 heteroatoms. The first-order chi connectivity index (χ1) is 16.7. The van der Waals surface area contributed by atoms with E-state index in [4.69, 9.17) is 14.2 Å². The van der Waals surface area contributed by atoms with E-state index in [-0.39, 0.29) is 23.5 Å². The Morgan fingerprint density at radius 1 is 0.972 bits per heavy atom. The molecule has 0 amide bonds. The molecule has 3 aliphatic carbocycles. The van der Waals surface area contributed by atoms with Gasteiger partial charge < -0.3 is 29.5 Å². The van der Waals surface area contributed by atoms with Gasteiger partial charge in [0.15, 0.2) is 11.6 Å². The second-order valence-corrected chi connectivity index (χ2v) is 11.5. The number of carbonyl (C=O) groups excluding carboxylic acids is 2. The third-order valence-corrected chi connectivity index (χ3v) is 9.88. The summed E-state index contributed by atoms with van der Waals surface area (Å²) < 4.78 is 19.2. The Kier molecular flexibility index (Phi) is 4.37. The fraction of sp³-hybridized carbons (Fsp3) is 0.571. The van der Waals surface area contributed by atoms with Gasteiger partial charge in [-0.1, -0.05) is 30.4 Å². The third kappa shape index (κ3) is 2.01. The van der Waals surface area contributed by atoms with Gasteiger partial charge in [-0.05, 0) is 47.6 Å². The van der Waals surface area contributed by atoms with Crippen LogP contribution in [0.2, 0.25) is 0 Å². The normalized spacial score (nSPS) is 50.6. The quantitative estimate of drug-likeness (QED) is 0.378. The van der Waals surface area contributed by atoms with E-state index in [2.05, 4.69) is 0 Å². The first kappa shape index (κ1) is 24.0. The predicted octanol–water partition coefficient (Wildman–Crippen LogP) is 2.36. The van der Waals surface area contributed by atoms with Crippen LogP contribution in [0.3, 0.4) is 0 Å². The van der Waals surface area contributed by atoms with E-state index in [1.165, 1.54) is 6.08 Å². The highest BCUT2D eigenvalue weighted by molar-refractivity contribution is 6.09. The molecule has 0 aromatic carbocycles. The number of ether oxygens (including phenoxy) is 3. The summed E-state index contributed by atoms with van der Waals surface area (Å²) in [6, 6.07) is 0. The van der Waals surface area contributed by atoms with Gasteiger partial charge in [-0.25, -0.2) is 0 Å². The van der Waals surface area contributed by atoms with Gasteiger partial charge >= 0.3 is 0 Å². The van der Waals surface area contributed by atoms with Crippen LogP contribution >= 0.6 is 0 Å². The molecule has 8 bridgehead atoms. The lowest BCUT2D eigenvalue weighted by Gasteiger charge is -2.60. The summed E-state index contributed by atoms with van der Waals surface area (Å²) in [6.45, 7) is 10.2. The van der Waals surface area contributed by atoms with Crippen LogP contribution in [0.25, 0.3) is 0 Å². The van der Waals surface area contributed by atoms with Crippen molar-refractivity contribution in [2.45, 2.75) is 76.8 Å². The molecule has 3 aliphatic heterocycles. The van der Waals surface area contributed by atoms with Crippen LogP contribution in [-0.4, -0.2) is 55.8 Å².